The first kappa shape index (κ1) is 16.3. The van der Waals surface area contributed by atoms with E-state index in [1.165, 1.54) is 0 Å². The minimum atomic E-state index is -0.689. The zero-order valence-electron chi connectivity index (χ0n) is 14.1. The van der Waals surface area contributed by atoms with E-state index in [4.69, 9.17) is 0 Å². The summed E-state index contributed by atoms with van der Waals surface area (Å²) in [5.74, 6) is -0.870. The van der Waals surface area contributed by atoms with E-state index in [0.717, 1.165) is 35.5 Å². The predicted octanol–water partition coefficient (Wildman–Crippen LogP) is 3.45. The van der Waals surface area contributed by atoms with E-state index in [9.17, 15) is 14.7 Å². The highest BCUT2D eigenvalue weighted by atomic mass is 32.1. The van der Waals surface area contributed by atoms with Crippen LogP contribution in [0.1, 0.15) is 35.3 Å². The summed E-state index contributed by atoms with van der Waals surface area (Å²) < 4.78 is 0. The van der Waals surface area contributed by atoms with Crippen LogP contribution in [-0.2, 0) is 4.79 Å². The molecule has 130 valence electrons. The van der Waals surface area contributed by atoms with Crippen LogP contribution in [0.15, 0.2) is 29.6 Å². The number of carboxylic acids is 1. The van der Waals surface area contributed by atoms with E-state index in [0.29, 0.717) is 18.7 Å². The highest BCUT2D eigenvalue weighted by Gasteiger charge is 2.59. The Morgan fingerprint density at radius 3 is 2.68 bits per heavy atom. The normalized spacial score (nSPS) is 21.3. The Labute approximate surface area is 150 Å². The Morgan fingerprint density at radius 1 is 1.32 bits per heavy atom. The molecule has 2 aromatic rings. The van der Waals surface area contributed by atoms with Gasteiger partial charge in [0, 0.05) is 35.3 Å². The van der Waals surface area contributed by atoms with Gasteiger partial charge in [0.05, 0.1) is 5.92 Å². The molecule has 1 N–H and O–H groups in total. The highest BCUT2D eigenvalue weighted by molar-refractivity contribution is 7.13. The molecule has 1 aliphatic carbocycles. The van der Waals surface area contributed by atoms with Crippen LogP contribution in [0.3, 0.4) is 0 Å². The second kappa shape index (κ2) is 5.95. The second-order valence-electron chi connectivity index (χ2n) is 7.12. The number of nitrogens with zero attached hydrogens (tertiary/aromatic N) is 2. The summed E-state index contributed by atoms with van der Waals surface area (Å²) in [6.07, 6.45) is 2.35. The Balaban J connectivity index is 1.46. The zero-order valence-corrected chi connectivity index (χ0v) is 14.9. The Hall–Kier alpha value is -2.21. The van der Waals surface area contributed by atoms with Crippen LogP contribution in [0.25, 0.3) is 10.6 Å². The van der Waals surface area contributed by atoms with Gasteiger partial charge in [0.25, 0.3) is 5.91 Å². The summed E-state index contributed by atoms with van der Waals surface area (Å²) in [6.45, 7) is 3.24. The van der Waals surface area contributed by atoms with Crippen LogP contribution in [0.2, 0.25) is 0 Å². The number of thiazole rings is 1. The van der Waals surface area contributed by atoms with Crippen molar-refractivity contribution in [2.24, 2.45) is 11.3 Å². The Morgan fingerprint density at radius 2 is 2.08 bits per heavy atom. The SMILES string of the molecule is Cc1csc(-c2cccc(C(=O)N3CCC4(CC3)CC4C(=O)O)c2)n1. The monoisotopic (exact) mass is 356 g/mol. The molecule has 1 aromatic carbocycles. The standard InChI is InChI=1S/C19H20N2O3S/c1-12-11-25-16(20-12)13-3-2-4-14(9-13)17(22)21-7-5-19(6-8-21)10-15(19)18(23)24/h2-4,9,11,15H,5-8,10H2,1H3,(H,23,24). The van der Waals surface area contributed by atoms with Crippen molar-refractivity contribution in [1.29, 1.82) is 0 Å². The lowest BCUT2D eigenvalue weighted by Gasteiger charge is -2.32. The summed E-state index contributed by atoms with van der Waals surface area (Å²) in [5.41, 5.74) is 2.57. The number of hydrogen-bond donors (Lipinski definition) is 1. The van der Waals surface area contributed by atoms with Gasteiger partial charge in [-0.1, -0.05) is 12.1 Å². The number of rotatable bonds is 3. The van der Waals surface area contributed by atoms with Crippen molar-refractivity contribution in [1.82, 2.24) is 9.88 Å². The van der Waals surface area contributed by atoms with Crippen molar-refractivity contribution >= 4 is 23.2 Å². The van der Waals surface area contributed by atoms with Gasteiger partial charge in [0.2, 0.25) is 0 Å². The first-order valence-electron chi connectivity index (χ1n) is 8.53. The van der Waals surface area contributed by atoms with Crippen molar-refractivity contribution in [3.05, 3.63) is 40.9 Å². The molecule has 4 rings (SSSR count). The summed E-state index contributed by atoms with van der Waals surface area (Å²) in [6, 6.07) is 7.62. The Bertz CT molecular complexity index is 837. The van der Waals surface area contributed by atoms with E-state index in [1.807, 2.05) is 41.5 Å². The number of hydrogen-bond acceptors (Lipinski definition) is 4. The average molecular weight is 356 g/mol. The van der Waals surface area contributed by atoms with Crippen molar-refractivity contribution in [2.75, 3.05) is 13.1 Å². The van der Waals surface area contributed by atoms with Crippen LogP contribution in [-0.4, -0.2) is 40.0 Å². The van der Waals surface area contributed by atoms with Crippen molar-refractivity contribution in [2.45, 2.75) is 26.2 Å². The summed E-state index contributed by atoms with van der Waals surface area (Å²) in [5, 5.41) is 12.1. The summed E-state index contributed by atoms with van der Waals surface area (Å²) >= 11 is 1.58. The molecule has 1 atom stereocenters. The third kappa shape index (κ3) is 2.95. The molecule has 2 aliphatic rings. The van der Waals surface area contributed by atoms with Gasteiger partial charge >= 0.3 is 5.97 Å². The lowest BCUT2D eigenvalue weighted by molar-refractivity contribution is -0.139. The van der Waals surface area contributed by atoms with Crippen molar-refractivity contribution in [3.63, 3.8) is 0 Å². The molecule has 1 aliphatic heterocycles. The number of aromatic nitrogens is 1. The molecule has 2 fully saturated rings. The van der Waals surface area contributed by atoms with Gasteiger partial charge in [-0.05, 0) is 43.7 Å². The first-order valence-corrected chi connectivity index (χ1v) is 9.41. The van der Waals surface area contributed by atoms with E-state index in [-0.39, 0.29) is 17.2 Å². The number of benzene rings is 1. The fourth-order valence-corrected chi connectivity index (χ4v) is 4.65. The topological polar surface area (TPSA) is 70.5 Å². The van der Waals surface area contributed by atoms with Gasteiger partial charge in [-0.25, -0.2) is 4.98 Å². The fraction of sp³-hybridized carbons (Fsp3) is 0.421. The molecule has 1 amide bonds. The number of amides is 1. The molecule has 1 saturated carbocycles. The molecule has 1 spiro atoms. The number of likely N-dealkylation sites (tertiary alicyclic amines) is 1. The summed E-state index contributed by atoms with van der Waals surface area (Å²) in [4.78, 5) is 30.3. The van der Waals surface area contributed by atoms with Crippen LogP contribution < -0.4 is 0 Å². The highest BCUT2D eigenvalue weighted by Crippen LogP contribution is 2.59. The van der Waals surface area contributed by atoms with Crippen LogP contribution >= 0.6 is 11.3 Å². The fourth-order valence-electron chi connectivity index (χ4n) is 3.86. The van der Waals surface area contributed by atoms with E-state index < -0.39 is 5.97 Å². The van der Waals surface area contributed by atoms with Crippen molar-refractivity contribution in [3.8, 4) is 10.6 Å². The molecule has 1 aromatic heterocycles. The van der Waals surface area contributed by atoms with Crippen LogP contribution in [0.5, 0.6) is 0 Å². The number of carboxylic acid groups (broad SMARTS) is 1. The molecule has 2 heterocycles. The molecule has 0 radical (unpaired) electrons. The molecular formula is C19H20N2O3S. The molecule has 0 bridgehead atoms. The molecular weight excluding hydrogens is 336 g/mol. The van der Waals surface area contributed by atoms with Crippen molar-refractivity contribution < 1.29 is 14.7 Å². The number of aryl methyl sites for hydroxylation is 1. The van der Waals surface area contributed by atoms with Gasteiger partial charge in [-0.3, -0.25) is 9.59 Å². The zero-order chi connectivity index (χ0) is 17.6. The number of piperidine rings is 1. The molecule has 5 nitrogen and oxygen atoms in total. The quantitative estimate of drug-likeness (QED) is 0.914. The van der Waals surface area contributed by atoms with Gasteiger partial charge in [0.1, 0.15) is 5.01 Å². The largest absolute Gasteiger partial charge is 0.481 e. The maximum Gasteiger partial charge on any atom is 0.307 e. The number of aliphatic carboxylic acids is 1. The maximum absolute atomic E-state index is 12.8. The average Bonchev–Trinajstić information content (AvgIpc) is 3.14. The van der Waals surface area contributed by atoms with Gasteiger partial charge in [-0.2, -0.15) is 0 Å². The lowest BCUT2D eigenvalue weighted by Crippen LogP contribution is -2.40. The second-order valence-corrected chi connectivity index (χ2v) is 7.98. The minimum absolute atomic E-state index is 0.0255. The molecule has 25 heavy (non-hydrogen) atoms. The maximum atomic E-state index is 12.8. The third-order valence-electron chi connectivity index (χ3n) is 5.51. The molecule has 1 saturated heterocycles. The molecule has 1 unspecified atom stereocenters. The number of carbonyl (C=O) groups is 2. The van der Waals surface area contributed by atoms with Crippen LogP contribution in [0, 0.1) is 18.3 Å². The van der Waals surface area contributed by atoms with Gasteiger partial charge in [-0.15, -0.1) is 11.3 Å². The predicted molar refractivity (Wildman–Crippen MR) is 95.6 cm³/mol. The minimum Gasteiger partial charge on any atom is -0.481 e. The van der Waals surface area contributed by atoms with E-state index in [1.54, 1.807) is 11.3 Å². The smallest absolute Gasteiger partial charge is 0.307 e. The third-order valence-corrected chi connectivity index (χ3v) is 6.52. The van der Waals surface area contributed by atoms with Gasteiger partial charge < -0.3 is 10.0 Å². The number of carbonyl (C=O) groups excluding carboxylic acids is 1. The molecule has 6 heteroatoms. The van der Waals surface area contributed by atoms with E-state index in [2.05, 4.69) is 4.98 Å². The van der Waals surface area contributed by atoms with E-state index >= 15 is 0 Å². The summed E-state index contributed by atoms with van der Waals surface area (Å²) in [7, 11) is 0. The van der Waals surface area contributed by atoms with Gasteiger partial charge in [0.15, 0.2) is 0 Å². The van der Waals surface area contributed by atoms with Crippen LogP contribution in [0.4, 0.5) is 0 Å². The first-order chi connectivity index (χ1) is 12.0. The Kier molecular flexibility index (Phi) is 3.87. The lowest BCUT2D eigenvalue weighted by atomic mass is 9.90.